The molecule has 0 heterocycles. The van der Waals surface area contributed by atoms with Crippen molar-refractivity contribution >= 4 is 21.5 Å². The highest BCUT2D eigenvalue weighted by atomic mass is 19.1. The maximum Gasteiger partial charge on any atom is 0.123 e. The van der Waals surface area contributed by atoms with Gasteiger partial charge in [-0.3, -0.25) is 0 Å². The van der Waals surface area contributed by atoms with Crippen molar-refractivity contribution in [2.45, 2.75) is 0 Å². The average molecular weight is 450 g/mol. The Bertz CT molecular complexity index is 1700. The molecule has 0 amide bonds. The minimum absolute atomic E-state index is 0.293. The standard InChI is InChI=1S/C33H20FN/c34-26-12-8-11-23(20-26)24-17-18-27(25(19-24)21-35)33-30-15-6-4-13-28(30)32(22-9-2-1-3-10-22)29-14-5-7-16-31(29)33/h1-20H. The third-order valence-electron chi connectivity index (χ3n) is 6.56. The summed E-state index contributed by atoms with van der Waals surface area (Å²) in [5.74, 6) is -0.293. The lowest BCUT2D eigenvalue weighted by molar-refractivity contribution is 0.628. The van der Waals surface area contributed by atoms with Gasteiger partial charge >= 0.3 is 0 Å². The van der Waals surface area contributed by atoms with Gasteiger partial charge in [-0.05, 0) is 67.6 Å². The SMILES string of the molecule is N#Cc1cc(-c2cccc(F)c2)ccc1-c1c2ccccc2c(-c2ccccc2)c2ccccc12. The molecule has 6 rings (SSSR count). The molecular formula is C33H20FN. The van der Waals surface area contributed by atoms with Crippen molar-refractivity contribution in [2.24, 2.45) is 0 Å². The number of fused-ring (bicyclic) bond motifs is 2. The van der Waals surface area contributed by atoms with Crippen LogP contribution < -0.4 is 0 Å². The van der Waals surface area contributed by atoms with Crippen molar-refractivity contribution in [2.75, 3.05) is 0 Å². The zero-order valence-corrected chi connectivity index (χ0v) is 18.9. The van der Waals surface area contributed by atoms with Gasteiger partial charge in [0.25, 0.3) is 0 Å². The summed E-state index contributed by atoms with van der Waals surface area (Å²) < 4.78 is 13.8. The highest BCUT2D eigenvalue weighted by Crippen LogP contribution is 2.44. The van der Waals surface area contributed by atoms with Gasteiger partial charge in [0.15, 0.2) is 0 Å². The van der Waals surface area contributed by atoms with Crippen LogP contribution in [-0.4, -0.2) is 0 Å². The van der Waals surface area contributed by atoms with Crippen LogP contribution in [0, 0.1) is 17.1 Å². The van der Waals surface area contributed by atoms with Crippen molar-refractivity contribution in [1.29, 1.82) is 5.26 Å². The molecule has 35 heavy (non-hydrogen) atoms. The first-order valence-corrected chi connectivity index (χ1v) is 11.5. The summed E-state index contributed by atoms with van der Waals surface area (Å²) in [6, 6.07) is 41.9. The van der Waals surface area contributed by atoms with Gasteiger partial charge in [0.05, 0.1) is 11.6 Å². The fourth-order valence-corrected chi connectivity index (χ4v) is 5.04. The minimum atomic E-state index is -0.293. The Hall–Kier alpha value is -4.74. The molecule has 0 unspecified atom stereocenters. The van der Waals surface area contributed by atoms with E-state index in [0.29, 0.717) is 5.56 Å². The van der Waals surface area contributed by atoms with E-state index in [2.05, 4.69) is 66.7 Å². The molecule has 0 spiro atoms. The van der Waals surface area contributed by atoms with Crippen molar-refractivity contribution in [1.82, 2.24) is 0 Å². The molecule has 0 aliphatic rings. The maximum absolute atomic E-state index is 13.8. The van der Waals surface area contributed by atoms with E-state index in [1.54, 1.807) is 6.07 Å². The number of hydrogen-bond acceptors (Lipinski definition) is 1. The first-order valence-electron chi connectivity index (χ1n) is 11.5. The van der Waals surface area contributed by atoms with Crippen LogP contribution in [0.15, 0.2) is 121 Å². The van der Waals surface area contributed by atoms with Crippen LogP contribution in [0.5, 0.6) is 0 Å². The van der Waals surface area contributed by atoms with E-state index in [1.807, 2.05) is 42.5 Å². The van der Waals surface area contributed by atoms with Gasteiger partial charge in [-0.2, -0.15) is 5.26 Å². The zero-order valence-electron chi connectivity index (χ0n) is 18.9. The first-order chi connectivity index (χ1) is 17.2. The largest absolute Gasteiger partial charge is 0.207 e. The average Bonchev–Trinajstić information content (AvgIpc) is 2.92. The quantitative estimate of drug-likeness (QED) is 0.247. The number of nitriles is 1. The summed E-state index contributed by atoms with van der Waals surface area (Å²) in [7, 11) is 0. The summed E-state index contributed by atoms with van der Waals surface area (Å²) in [6.07, 6.45) is 0. The van der Waals surface area contributed by atoms with E-state index in [9.17, 15) is 9.65 Å². The summed E-state index contributed by atoms with van der Waals surface area (Å²) in [5, 5.41) is 14.6. The van der Waals surface area contributed by atoms with Gasteiger partial charge in [-0.15, -0.1) is 0 Å². The van der Waals surface area contributed by atoms with Gasteiger partial charge in [0.1, 0.15) is 5.82 Å². The molecule has 2 heteroatoms. The number of benzene rings is 6. The normalized spacial score (nSPS) is 11.0. The Morgan fingerprint density at radius 2 is 1.03 bits per heavy atom. The molecule has 0 aliphatic heterocycles. The van der Waals surface area contributed by atoms with Crippen LogP contribution in [0.25, 0.3) is 54.9 Å². The maximum atomic E-state index is 13.8. The highest BCUT2D eigenvalue weighted by Gasteiger charge is 2.18. The minimum Gasteiger partial charge on any atom is -0.207 e. The molecule has 0 aliphatic carbocycles. The molecule has 0 N–H and O–H groups in total. The third kappa shape index (κ3) is 3.55. The number of nitrogens with zero attached hydrogens (tertiary/aromatic N) is 1. The van der Waals surface area contributed by atoms with Crippen LogP contribution >= 0.6 is 0 Å². The predicted octanol–water partition coefficient (Wildman–Crippen LogP) is 9.00. The van der Waals surface area contributed by atoms with E-state index >= 15 is 0 Å². The van der Waals surface area contributed by atoms with Gasteiger partial charge in [0, 0.05) is 5.56 Å². The zero-order chi connectivity index (χ0) is 23.8. The van der Waals surface area contributed by atoms with Gasteiger partial charge in [-0.25, -0.2) is 4.39 Å². The molecule has 0 fully saturated rings. The third-order valence-corrected chi connectivity index (χ3v) is 6.56. The summed E-state index contributed by atoms with van der Waals surface area (Å²) >= 11 is 0. The van der Waals surface area contributed by atoms with Crippen molar-refractivity contribution < 1.29 is 4.39 Å². The molecule has 0 saturated heterocycles. The molecule has 0 aromatic heterocycles. The molecule has 1 nitrogen and oxygen atoms in total. The van der Waals surface area contributed by atoms with Crippen LogP contribution in [0.2, 0.25) is 0 Å². The lowest BCUT2D eigenvalue weighted by Crippen LogP contribution is -1.93. The van der Waals surface area contributed by atoms with Gasteiger partial charge < -0.3 is 0 Å². The van der Waals surface area contributed by atoms with Crippen LogP contribution in [0.3, 0.4) is 0 Å². The van der Waals surface area contributed by atoms with E-state index in [-0.39, 0.29) is 5.82 Å². The molecule has 164 valence electrons. The number of halogens is 1. The van der Waals surface area contributed by atoms with Crippen LogP contribution in [0.4, 0.5) is 4.39 Å². The van der Waals surface area contributed by atoms with Crippen LogP contribution in [0.1, 0.15) is 5.56 Å². The molecule has 0 bridgehead atoms. The van der Waals surface area contributed by atoms with E-state index < -0.39 is 0 Å². The second-order valence-electron chi connectivity index (χ2n) is 8.59. The van der Waals surface area contributed by atoms with Gasteiger partial charge in [-0.1, -0.05) is 103 Å². The molecular weight excluding hydrogens is 429 g/mol. The predicted molar refractivity (Wildman–Crippen MR) is 142 cm³/mol. The van der Waals surface area contributed by atoms with Crippen molar-refractivity contribution in [3.8, 4) is 39.4 Å². The Morgan fingerprint density at radius 1 is 0.486 bits per heavy atom. The molecule has 0 atom stereocenters. The summed E-state index contributed by atoms with van der Waals surface area (Å²) in [5.41, 5.74) is 6.40. The molecule has 0 radical (unpaired) electrons. The molecule has 6 aromatic rings. The van der Waals surface area contributed by atoms with Crippen molar-refractivity contribution in [3.05, 3.63) is 133 Å². The number of hydrogen-bond donors (Lipinski definition) is 0. The second kappa shape index (κ2) is 8.56. The Labute approximate surface area is 203 Å². The number of rotatable bonds is 3. The Morgan fingerprint density at radius 3 is 1.63 bits per heavy atom. The monoisotopic (exact) mass is 449 g/mol. The van der Waals surface area contributed by atoms with Crippen molar-refractivity contribution in [3.63, 3.8) is 0 Å². The van der Waals surface area contributed by atoms with E-state index in [4.69, 9.17) is 0 Å². The fraction of sp³-hybridized carbons (Fsp3) is 0. The Kier molecular flexibility index (Phi) is 5.09. The summed E-state index contributed by atoms with van der Waals surface area (Å²) in [4.78, 5) is 0. The molecule has 0 saturated carbocycles. The molecule has 6 aromatic carbocycles. The lowest BCUT2D eigenvalue weighted by atomic mass is 9.84. The topological polar surface area (TPSA) is 23.8 Å². The van der Waals surface area contributed by atoms with Crippen LogP contribution in [-0.2, 0) is 0 Å². The fourth-order valence-electron chi connectivity index (χ4n) is 5.04. The lowest BCUT2D eigenvalue weighted by Gasteiger charge is -2.18. The van der Waals surface area contributed by atoms with E-state index in [1.165, 1.54) is 17.7 Å². The highest BCUT2D eigenvalue weighted by molar-refractivity contribution is 6.21. The summed E-state index contributed by atoms with van der Waals surface area (Å²) in [6.45, 7) is 0. The smallest absolute Gasteiger partial charge is 0.123 e. The van der Waals surface area contributed by atoms with E-state index in [0.717, 1.165) is 49.4 Å². The van der Waals surface area contributed by atoms with Gasteiger partial charge in [0.2, 0.25) is 0 Å². The Balaban J connectivity index is 1.69. The second-order valence-corrected chi connectivity index (χ2v) is 8.59. The first kappa shape index (κ1) is 20.8.